The lowest BCUT2D eigenvalue weighted by molar-refractivity contribution is 0.497. The number of rotatable bonds is 4. The Morgan fingerprint density at radius 3 is 2.76 bits per heavy atom. The lowest BCUT2D eigenvalue weighted by atomic mass is 10.2. The minimum Gasteiger partial charge on any atom is -0.459 e. The van der Waals surface area contributed by atoms with E-state index in [-0.39, 0.29) is 0 Å². The summed E-state index contributed by atoms with van der Waals surface area (Å²) in [7, 11) is 0. The maximum Gasteiger partial charge on any atom is 0.180 e. The van der Waals surface area contributed by atoms with Gasteiger partial charge in [-0.3, -0.25) is 4.98 Å². The normalized spacial score (nSPS) is 14.0. The first-order valence-corrected chi connectivity index (χ1v) is 8.81. The standard InChI is InChI=1S/C18H19N5OS/c1-10(2)14-6-7-15(24-14)13-9-19-12-5-8-16(22-17(12)21-13)23-18(25)20-11-3-4-11/h5-11H,3-4H2,1-2H3,(H2,20,21,22,23,25). The highest BCUT2D eigenvalue weighted by molar-refractivity contribution is 7.80. The number of anilines is 1. The fraction of sp³-hybridized carbons (Fsp3) is 0.333. The minimum atomic E-state index is 0.330. The summed E-state index contributed by atoms with van der Waals surface area (Å²) in [6.07, 6.45) is 4.05. The molecular formula is C18H19N5OS. The van der Waals surface area contributed by atoms with Crippen molar-refractivity contribution in [2.75, 3.05) is 5.32 Å². The molecule has 3 aromatic heterocycles. The van der Waals surface area contributed by atoms with E-state index in [1.54, 1.807) is 6.20 Å². The van der Waals surface area contributed by atoms with Gasteiger partial charge in [0, 0.05) is 12.0 Å². The summed E-state index contributed by atoms with van der Waals surface area (Å²) < 4.78 is 5.85. The first-order chi connectivity index (χ1) is 12.1. The summed E-state index contributed by atoms with van der Waals surface area (Å²) in [5.74, 6) is 2.61. The highest BCUT2D eigenvalue weighted by Gasteiger charge is 2.21. The fourth-order valence-electron chi connectivity index (χ4n) is 2.45. The van der Waals surface area contributed by atoms with Crippen LogP contribution < -0.4 is 10.6 Å². The van der Waals surface area contributed by atoms with Crippen LogP contribution in [-0.2, 0) is 0 Å². The SMILES string of the molecule is CC(C)c1ccc(-c2cnc3ccc(NC(=S)NC4CC4)nc3n2)o1. The third-order valence-electron chi connectivity index (χ3n) is 4.01. The van der Waals surface area contributed by atoms with E-state index >= 15 is 0 Å². The molecule has 0 amide bonds. The van der Waals surface area contributed by atoms with Crippen LogP contribution in [0, 0.1) is 0 Å². The Balaban J connectivity index is 1.60. The van der Waals surface area contributed by atoms with Crippen molar-refractivity contribution in [3.63, 3.8) is 0 Å². The molecule has 7 heteroatoms. The van der Waals surface area contributed by atoms with Gasteiger partial charge in [0.05, 0.1) is 6.20 Å². The first-order valence-electron chi connectivity index (χ1n) is 8.40. The van der Waals surface area contributed by atoms with Crippen molar-refractivity contribution >= 4 is 34.3 Å². The summed E-state index contributed by atoms with van der Waals surface area (Å²) in [4.78, 5) is 13.5. The van der Waals surface area contributed by atoms with Gasteiger partial charge in [0.15, 0.2) is 16.5 Å². The third-order valence-corrected chi connectivity index (χ3v) is 4.23. The van der Waals surface area contributed by atoms with E-state index in [4.69, 9.17) is 16.6 Å². The molecule has 1 fully saturated rings. The number of hydrogen-bond acceptors (Lipinski definition) is 5. The van der Waals surface area contributed by atoms with Crippen LogP contribution in [0.1, 0.15) is 38.4 Å². The van der Waals surface area contributed by atoms with Gasteiger partial charge in [0.1, 0.15) is 22.8 Å². The van der Waals surface area contributed by atoms with Crippen molar-refractivity contribution < 1.29 is 4.42 Å². The minimum absolute atomic E-state index is 0.330. The second-order valence-electron chi connectivity index (χ2n) is 6.52. The molecule has 0 aliphatic heterocycles. The van der Waals surface area contributed by atoms with E-state index in [9.17, 15) is 0 Å². The fourth-order valence-corrected chi connectivity index (χ4v) is 2.72. The van der Waals surface area contributed by atoms with Gasteiger partial charge in [-0.25, -0.2) is 9.97 Å². The number of thiocarbonyl (C=S) groups is 1. The molecule has 0 aromatic carbocycles. The Morgan fingerprint density at radius 1 is 1.20 bits per heavy atom. The Bertz CT molecular complexity index is 932. The zero-order valence-electron chi connectivity index (χ0n) is 14.1. The highest BCUT2D eigenvalue weighted by atomic mass is 32.1. The zero-order chi connectivity index (χ0) is 17.4. The van der Waals surface area contributed by atoms with Crippen LogP contribution in [0.15, 0.2) is 34.9 Å². The number of nitrogens with zero attached hydrogens (tertiary/aromatic N) is 3. The number of nitrogens with one attached hydrogen (secondary N) is 2. The second-order valence-corrected chi connectivity index (χ2v) is 6.93. The zero-order valence-corrected chi connectivity index (χ0v) is 14.9. The molecule has 25 heavy (non-hydrogen) atoms. The molecule has 0 unspecified atom stereocenters. The number of aromatic nitrogens is 3. The van der Waals surface area contributed by atoms with Crippen molar-refractivity contribution in [3.8, 4) is 11.5 Å². The predicted octanol–water partition coefficient (Wildman–Crippen LogP) is 3.86. The number of furan rings is 1. The number of hydrogen-bond donors (Lipinski definition) is 2. The summed E-state index contributed by atoms with van der Waals surface area (Å²) in [6.45, 7) is 4.18. The Morgan fingerprint density at radius 2 is 2.04 bits per heavy atom. The highest BCUT2D eigenvalue weighted by Crippen LogP contribution is 2.25. The molecule has 0 bridgehead atoms. The van der Waals surface area contributed by atoms with Gasteiger partial charge in [-0.05, 0) is 49.3 Å². The molecule has 1 aliphatic rings. The van der Waals surface area contributed by atoms with Gasteiger partial charge in [-0.15, -0.1) is 0 Å². The molecule has 2 N–H and O–H groups in total. The summed E-state index contributed by atoms with van der Waals surface area (Å²) in [6, 6.07) is 8.12. The molecule has 1 saturated carbocycles. The van der Waals surface area contributed by atoms with Crippen LogP contribution in [0.2, 0.25) is 0 Å². The molecule has 6 nitrogen and oxygen atoms in total. The van der Waals surface area contributed by atoms with Crippen molar-refractivity contribution in [1.82, 2.24) is 20.3 Å². The van der Waals surface area contributed by atoms with Crippen molar-refractivity contribution in [2.45, 2.75) is 38.6 Å². The first kappa shape index (κ1) is 16.0. The third kappa shape index (κ3) is 3.61. The quantitative estimate of drug-likeness (QED) is 0.690. The molecule has 1 aliphatic carbocycles. The van der Waals surface area contributed by atoms with Crippen LogP contribution in [0.25, 0.3) is 22.6 Å². The molecule has 3 aromatic rings. The maximum atomic E-state index is 5.85. The molecule has 0 spiro atoms. The van der Waals surface area contributed by atoms with Gasteiger partial charge in [-0.1, -0.05) is 13.8 Å². The van der Waals surface area contributed by atoms with Crippen molar-refractivity contribution in [3.05, 3.63) is 36.2 Å². The van der Waals surface area contributed by atoms with Crippen LogP contribution in [0.5, 0.6) is 0 Å². The van der Waals surface area contributed by atoms with Crippen molar-refractivity contribution in [1.29, 1.82) is 0 Å². The van der Waals surface area contributed by atoms with Gasteiger partial charge in [0.2, 0.25) is 0 Å². The van der Waals surface area contributed by atoms with Gasteiger partial charge < -0.3 is 15.1 Å². The predicted molar refractivity (Wildman–Crippen MR) is 102 cm³/mol. The van der Waals surface area contributed by atoms with E-state index < -0.39 is 0 Å². The average Bonchev–Trinajstić information content (AvgIpc) is 3.25. The lowest BCUT2D eigenvalue weighted by Crippen LogP contribution is -2.30. The Hall–Kier alpha value is -2.54. The smallest absolute Gasteiger partial charge is 0.180 e. The summed E-state index contributed by atoms with van der Waals surface area (Å²) in [5, 5.41) is 6.92. The topological polar surface area (TPSA) is 75.9 Å². The van der Waals surface area contributed by atoms with Gasteiger partial charge >= 0.3 is 0 Å². The maximum absolute atomic E-state index is 5.85. The Labute approximate surface area is 151 Å². The Kier molecular flexibility index (Phi) is 4.09. The lowest BCUT2D eigenvalue weighted by Gasteiger charge is -2.09. The molecular weight excluding hydrogens is 334 g/mol. The van der Waals surface area contributed by atoms with Crippen LogP contribution in [-0.4, -0.2) is 26.1 Å². The second kappa shape index (κ2) is 6.40. The largest absolute Gasteiger partial charge is 0.459 e. The van der Waals surface area contributed by atoms with Gasteiger partial charge in [-0.2, -0.15) is 0 Å². The van der Waals surface area contributed by atoms with E-state index in [0.717, 1.165) is 11.3 Å². The number of fused-ring (bicyclic) bond motifs is 1. The van der Waals surface area contributed by atoms with E-state index in [0.29, 0.717) is 40.0 Å². The summed E-state index contributed by atoms with van der Waals surface area (Å²) >= 11 is 5.29. The van der Waals surface area contributed by atoms with E-state index in [1.165, 1.54) is 12.8 Å². The van der Waals surface area contributed by atoms with Crippen molar-refractivity contribution in [2.24, 2.45) is 0 Å². The molecule has 128 valence electrons. The molecule has 0 saturated heterocycles. The molecule has 3 heterocycles. The average molecular weight is 353 g/mol. The molecule has 4 rings (SSSR count). The van der Waals surface area contributed by atoms with Gasteiger partial charge in [0.25, 0.3) is 0 Å². The van der Waals surface area contributed by atoms with E-state index in [2.05, 4.69) is 39.4 Å². The number of pyridine rings is 1. The molecule has 0 atom stereocenters. The summed E-state index contributed by atoms with van der Waals surface area (Å²) in [5.41, 5.74) is 1.95. The monoisotopic (exact) mass is 353 g/mol. The molecule has 0 radical (unpaired) electrons. The van der Waals surface area contributed by atoms with Crippen LogP contribution in [0.3, 0.4) is 0 Å². The van der Waals surface area contributed by atoms with Crippen LogP contribution >= 0.6 is 12.2 Å². The van der Waals surface area contributed by atoms with Crippen LogP contribution in [0.4, 0.5) is 5.82 Å². The van der Waals surface area contributed by atoms with E-state index in [1.807, 2.05) is 24.3 Å².